The number of nitrogens with one attached hydrogen (secondary N) is 2. The van der Waals surface area contributed by atoms with Crippen LogP contribution in [0.4, 0.5) is 18.9 Å². The van der Waals surface area contributed by atoms with Crippen LogP contribution in [0.1, 0.15) is 40.8 Å². The fraction of sp³-hybridized carbons (Fsp3) is 0.227. The number of alkyl halides is 2. The second kappa shape index (κ2) is 12.8. The van der Waals surface area contributed by atoms with Gasteiger partial charge >= 0.3 is 5.97 Å². The number of H-pyrrole nitrogens is 1. The molecule has 0 aliphatic carbocycles. The second-order valence-corrected chi connectivity index (χ2v) is 6.49. The molecule has 0 saturated carbocycles. The number of nitrogens with zero attached hydrogens (tertiary/aromatic N) is 4. The Labute approximate surface area is 194 Å². The number of aliphatic imine (C=N–C) groups is 2. The van der Waals surface area contributed by atoms with Crippen LogP contribution >= 0.6 is 0 Å². The third-order valence-electron chi connectivity index (χ3n) is 3.93. The molecule has 0 spiro atoms. The van der Waals surface area contributed by atoms with Crippen molar-refractivity contribution in [3.63, 3.8) is 0 Å². The summed E-state index contributed by atoms with van der Waals surface area (Å²) in [5.41, 5.74) is 5.51. The zero-order valence-electron chi connectivity index (χ0n) is 18.7. The Morgan fingerprint density at radius 3 is 2.65 bits per heavy atom. The molecule has 0 aromatic carbocycles. The number of ether oxygens (including phenoxy) is 1. The first-order valence-corrected chi connectivity index (χ1v) is 10.0. The van der Waals surface area contributed by atoms with Gasteiger partial charge in [0.15, 0.2) is 17.5 Å². The van der Waals surface area contributed by atoms with Crippen LogP contribution in [0.25, 0.3) is 0 Å². The molecule has 0 bridgehead atoms. The van der Waals surface area contributed by atoms with Crippen molar-refractivity contribution in [2.24, 2.45) is 15.7 Å². The highest BCUT2D eigenvalue weighted by atomic mass is 19.3. The molecule has 180 valence electrons. The third-order valence-corrected chi connectivity index (χ3v) is 3.93. The zero-order chi connectivity index (χ0) is 25.1. The van der Waals surface area contributed by atoms with Gasteiger partial charge in [0.25, 0.3) is 6.43 Å². The highest BCUT2D eigenvalue weighted by Crippen LogP contribution is 2.20. The molecule has 0 fully saturated rings. The molecule has 9 nitrogen and oxygen atoms in total. The second-order valence-electron chi connectivity index (χ2n) is 6.49. The number of rotatable bonds is 6. The number of pyridine rings is 2. The monoisotopic (exact) mass is 475 g/mol. The van der Waals surface area contributed by atoms with E-state index < -0.39 is 23.9 Å². The number of nitrogens with two attached hydrogens (primary N) is 1. The van der Waals surface area contributed by atoms with Crippen LogP contribution in [0.5, 0.6) is 0 Å². The lowest BCUT2D eigenvalue weighted by Gasteiger charge is -2.07. The van der Waals surface area contributed by atoms with Gasteiger partial charge in [-0.15, -0.1) is 0 Å². The molecular formula is C22H24F3N7O2. The van der Waals surface area contributed by atoms with Gasteiger partial charge in [0.2, 0.25) is 0 Å². The minimum absolute atomic E-state index is 0.0371. The number of esters is 1. The van der Waals surface area contributed by atoms with Crippen molar-refractivity contribution in [1.82, 2.24) is 20.3 Å². The molecule has 34 heavy (non-hydrogen) atoms. The topological polar surface area (TPSA) is 131 Å². The van der Waals surface area contributed by atoms with Gasteiger partial charge in [-0.25, -0.2) is 32.9 Å². The third kappa shape index (κ3) is 6.97. The van der Waals surface area contributed by atoms with E-state index in [0.29, 0.717) is 0 Å². The molecule has 0 radical (unpaired) electrons. The standard InChI is InChI=1S/C20H17F3N6O2.C2H7N/c1-2-31-20(30)11-6-9-26-16(11)19(28-13-7-8-25-10-12(13)21)29-18(24)15-5-3-4-14(27-15)17(22)23;1-3-2/h3-10,17,26H,2H2,1H3,(H2,24,25,28,29);3H,1-2H3. The average molecular weight is 475 g/mol. The predicted molar refractivity (Wildman–Crippen MR) is 122 cm³/mol. The van der Waals surface area contributed by atoms with Gasteiger partial charge in [-0.2, -0.15) is 0 Å². The predicted octanol–water partition coefficient (Wildman–Crippen LogP) is 3.38. The maximum Gasteiger partial charge on any atom is 0.340 e. The number of carbonyl (C=O) groups is 1. The lowest BCUT2D eigenvalue weighted by molar-refractivity contribution is 0.0526. The smallest absolute Gasteiger partial charge is 0.340 e. The van der Waals surface area contributed by atoms with Crippen molar-refractivity contribution in [2.45, 2.75) is 13.3 Å². The van der Waals surface area contributed by atoms with Gasteiger partial charge < -0.3 is 20.8 Å². The van der Waals surface area contributed by atoms with E-state index in [-0.39, 0.29) is 40.9 Å². The van der Waals surface area contributed by atoms with E-state index in [9.17, 15) is 18.0 Å². The highest BCUT2D eigenvalue weighted by molar-refractivity contribution is 6.14. The Morgan fingerprint density at radius 2 is 2.00 bits per heavy atom. The van der Waals surface area contributed by atoms with E-state index in [0.717, 1.165) is 12.3 Å². The molecule has 12 heteroatoms. The quantitative estimate of drug-likeness (QED) is 0.285. The van der Waals surface area contributed by atoms with Crippen molar-refractivity contribution in [3.05, 3.63) is 77.4 Å². The SMILES string of the molecule is CCOC(=O)c1cc[nH]c1C(N=C(N)c1cccc(C(F)F)n1)=Nc1ccncc1F.CNC. The Kier molecular flexibility index (Phi) is 9.90. The molecule has 3 aromatic rings. The van der Waals surface area contributed by atoms with Gasteiger partial charge in [-0.05, 0) is 45.3 Å². The summed E-state index contributed by atoms with van der Waals surface area (Å²) in [7, 11) is 3.75. The van der Waals surface area contributed by atoms with Crippen LogP contribution in [0.15, 0.2) is 58.9 Å². The summed E-state index contributed by atoms with van der Waals surface area (Å²) in [5.74, 6) is -1.84. The summed E-state index contributed by atoms with van der Waals surface area (Å²) in [4.78, 5) is 30.8. The molecule has 0 saturated heterocycles. The average Bonchev–Trinajstić information content (AvgIpc) is 3.31. The number of aromatic nitrogens is 3. The van der Waals surface area contributed by atoms with Crippen LogP contribution in [0.2, 0.25) is 0 Å². The summed E-state index contributed by atoms with van der Waals surface area (Å²) >= 11 is 0. The van der Waals surface area contributed by atoms with Gasteiger partial charge in [0, 0.05) is 12.4 Å². The van der Waals surface area contributed by atoms with Crippen molar-refractivity contribution in [1.29, 1.82) is 0 Å². The molecule has 3 rings (SSSR count). The summed E-state index contributed by atoms with van der Waals surface area (Å²) in [6.45, 7) is 1.77. The summed E-state index contributed by atoms with van der Waals surface area (Å²) < 4.78 is 45.1. The molecular weight excluding hydrogens is 451 g/mol. The molecule has 3 aromatic heterocycles. The number of hydrogen-bond acceptors (Lipinski definition) is 6. The Morgan fingerprint density at radius 1 is 1.26 bits per heavy atom. The van der Waals surface area contributed by atoms with Crippen LogP contribution in [-0.4, -0.2) is 53.3 Å². The van der Waals surface area contributed by atoms with Crippen LogP contribution < -0.4 is 11.1 Å². The van der Waals surface area contributed by atoms with Crippen LogP contribution in [-0.2, 0) is 4.74 Å². The van der Waals surface area contributed by atoms with Crippen molar-refractivity contribution >= 4 is 23.3 Å². The lowest BCUT2D eigenvalue weighted by Crippen LogP contribution is -2.19. The largest absolute Gasteiger partial charge is 0.462 e. The van der Waals surface area contributed by atoms with Crippen molar-refractivity contribution in [3.8, 4) is 0 Å². The van der Waals surface area contributed by atoms with Crippen LogP contribution in [0.3, 0.4) is 0 Å². The van der Waals surface area contributed by atoms with Crippen molar-refractivity contribution < 1.29 is 22.7 Å². The van der Waals surface area contributed by atoms with Gasteiger partial charge in [0.05, 0.1) is 24.1 Å². The number of hydrogen-bond donors (Lipinski definition) is 3. The molecule has 0 aliphatic rings. The van der Waals surface area contributed by atoms with E-state index in [1.807, 2.05) is 14.1 Å². The number of halogens is 3. The highest BCUT2D eigenvalue weighted by Gasteiger charge is 2.20. The van der Waals surface area contributed by atoms with Crippen LogP contribution in [0, 0.1) is 5.82 Å². The Bertz CT molecular complexity index is 1160. The Balaban J connectivity index is 0.00000129. The zero-order valence-corrected chi connectivity index (χ0v) is 18.7. The van der Waals surface area contributed by atoms with Gasteiger partial charge in [-0.3, -0.25) is 4.98 Å². The number of carbonyl (C=O) groups excluding carboxylic acids is 1. The van der Waals surface area contributed by atoms with E-state index in [2.05, 4.69) is 30.3 Å². The first kappa shape index (κ1) is 26.2. The molecule has 0 amide bonds. The first-order valence-electron chi connectivity index (χ1n) is 10.0. The summed E-state index contributed by atoms with van der Waals surface area (Å²) in [6.07, 6.45) is 0.923. The van der Waals surface area contributed by atoms with Crippen molar-refractivity contribution in [2.75, 3.05) is 20.7 Å². The first-order chi connectivity index (χ1) is 16.3. The van der Waals surface area contributed by atoms with Gasteiger partial charge in [0.1, 0.15) is 17.1 Å². The minimum atomic E-state index is -2.80. The summed E-state index contributed by atoms with van der Waals surface area (Å²) in [6, 6.07) is 6.62. The minimum Gasteiger partial charge on any atom is -0.462 e. The van der Waals surface area contributed by atoms with E-state index in [1.165, 1.54) is 36.7 Å². The molecule has 0 aliphatic heterocycles. The lowest BCUT2D eigenvalue weighted by atomic mass is 10.2. The number of amidine groups is 2. The Hall–Kier alpha value is -4.06. The number of aromatic amines is 1. The maximum atomic E-state index is 14.1. The summed E-state index contributed by atoms with van der Waals surface area (Å²) in [5, 5.41) is 2.75. The van der Waals surface area contributed by atoms with Gasteiger partial charge in [-0.1, -0.05) is 6.07 Å². The fourth-order valence-corrected chi connectivity index (χ4v) is 2.53. The van der Waals surface area contributed by atoms with E-state index in [1.54, 1.807) is 6.92 Å². The normalized spacial score (nSPS) is 11.7. The van der Waals surface area contributed by atoms with E-state index in [4.69, 9.17) is 10.5 Å². The maximum absolute atomic E-state index is 14.1. The fourth-order valence-electron chi connectivity index (χ4n) is 2.53. The molecule has 0 atom stereocenters. The van der Waals surface area contributed by atoms with E-state index >= 15 is 0 Å². The molecule has 4 N–H and O–H groups in total. The molecule has 3 heterocycles. The molecule has 0 unspecified atom stereocenters.